The van der Waals surface area contributed by atoms with Gasteiger partial charge in [0.25, 0.3) is 0 Å². The molecule has 0 saturated carbocycles. The molecule has 0 N–H and O–H groups in total. The van der Waals surface area contributed by atoms with Gasteiger partial charge < -0.3 is 14.7 Å². The molecule has 0 bridgehead atoms. The monoisotopic (exact) mass is 1050 g/mol. The molecule has 0 fully saturated rings. The summed E-state index contributed by atoms with van der Waals surface area (Å²) < 4.78 is 0. The molecule has 12 rings (SSSR count). The summed E-state index contributed by atoms with van der Waals surface area (Å²) in [6, 6.07) is 115. The predicted molar refractivity (Wildman–Crippen MR) is 334 cm³/mol. The molecule has 0 radical (unpaired) electrons. The van der Waals surface area contributed by atoms with Crippen molar-refractivity contribution in [3.8, 4) is 0 Å². The van der Waals surface area contributed by atoms with E-state index in [0.29, 0.717) is 22.3 Å². The van der Waals surface area contributed by atoms with E-state index in [9.17, 15) is 9.59 Å². The number of para-hydroxylation sites is 4. The molecule has 0 spiro atoms. The van der Waals surface area contributed by atoms with Crippen LogP contribution in [-0.2, 0) is 0 Å². The molecule has 12 aromatic rings. The van der Waals surface area contributed by atoms with Crippen molar-refractivity contribution < 1.29 is 9.59 Å². The van der Waals surface area contributed by atoms with Crippen LogP contribution in [0.25, 0.3) is 0 Å². The van der Waals surface area contributed by atoms with Gasteiger partial charge in [-0.2, -0.15) is 0 Å². The fourth-order valence-electron chi connectivity index (χ4n) is 11.0. The van der Waals surface area contributed by atoms with Crippen LogP contribution >= 0.6 is 0 Å². The Labute approximate surface area is 469 Å². The lowest BCUT2D eigenvalue weighted by Crippen LogP contribution is -2.74. The SMILES string of the molecule is O=C(c1ccccc1)c1ccccc1C(=O)c1ccc([Si](c2ccccc2)(c2ccccc2)c2ccc(N(c3ccc(N(c4ccccc4)c4ccccc4)cc3)c3ccc(N(c4ccccc4)c4ccccc4)cc3)cc2)cc1. The third-order valence-electron chi connectivity index (χ3n) is 14.8. The van der Waals surface area contributed by atoms with Crippen LogP contribution in [0, 0.1) is 0 Å². The van der Waals surface area contributed by atoms with Crippen LogP contribution in [-0.4, -0.2) is 19.6 Å². The summed E-state index contributed by atoms with van der Waals surface area (Å²) in [7, 11) is -3.09. The van der Waals surface area contributed by atoms with Gasteiger partial charge in [0.2, 0.25) is 0 Å². The van der Waals surface area contributed by atoms with E-state index >= 15 is 0 Å². The zero-order chi connectivity index (χ0) is 54.1. The van der Waals surface area contributed by atoms with Crippen LogP contribution < -0.4 is 35.4 Å². The van der Waals surface area contributed by atoms with E-state index in [1.807, 2.05) is 66.7 Å². The maximum absolute atomic E-state index is 14.5. The van der Waals surface area contributed by atoms with E-state index in [-0.39, 0.29) is 11.6 Å². The number of anilines is 9. The lowest BCUT2D eigenvalue weighted by Gasteiger charge is -2.35. The first kappa shape index (κ1) is 50.4. The molecule has 0 heterocycles. The van der Waals surface area contributed by atoms with Gasteiger partial charge in [-0.1, -0.05) is 224 Å². The van der Waals surface area contributed by atoms with Gasteiger partial charge in [-0.05, 0) is 130 Å². The van der Waals surface area contributed by atoms with Crippen molar-refractivity contribution in [3.05, 3.63) is 356 Å². The Kier molecular flexibility index (Phi) is 14.5. The molecule has 0 aliphatic rings. The number of carbonyl (C=O) groups is 2. The number of nitrogens with zero attached hydrogens (tertiary/aromatic N) is 3. The fourth-order valence-corrected chi connectivity index (χ4v) is 15.8. The molecule has 382 valence electrons. The molecule has 0 aromatic heterocycles. The van der Waals surface area contributed by atoms with Crippen molar-refractivity contribution in [2.45, 2.75) is 0 Å². The summed E-state index contributed by atoms with van der Waals surface area (Å²) in [5.74, 6) is -0.383. The summed E-state index contributed by atoms with van der Waals surface area (Å²) >= 11 is 0. The van der Waals surface area contributed by atoms with E-state index in [2.05, 4.69) is 257 Å². The van der Waals surface area contributed by atoms with Gasteiger partial charge in [-0.15, -0.1) is 0 Å². The highest BCUT2D eigenvalue weighted by molar-refractivity contribution is 7.19. The summed E-state index contributed by atoms with van der Waals surface area (Å²) in [6.45, 7) is 0. The van der Waals surface area contributed by atoms with Gasteiger partial charge >= 0.3 is 0 Å². The van der Waals surface area contributed by atoms with Crippen LogP contribution in [0.2, 0.25) is 0 Å². The second kappa shape index (κ2) is 23.1. The van der Waals surface area contributed by atoms with Crippen molar-refractivity contribution in [3.63, 3.8) is 0 Å². The average molecular weight is 1050 g/mol. The standard InChI is InChI=1S/C74H55N3O2Si/c78-73(56-24-8-1-9-25-56)71-38-22-23-39-72(71)74(79)57-40-52-69(53-41-57)80(67-34-18-6-19-35-67,68-36-20-7-21-37-68)70-54-50-66(51-55-70)77(64-46-42-62(43-47-64)75(58-26-10-2-11-27-58)59-28-12-3-13-29-59)65-48-44-63(45-49-65)76(60-30-14-4-15-31-60)61-32-16-5-17-33-61/h1-55H. The fraction of sp³-hybridized carbons (Fsp3) is 0. The lowest BCUT2D eigenvalue weighted by molar-refractivity contribution is 0.100. The minimum Gasteiger partial charge on any atom is -0.311 e. The Hall–Kier alpha value is -10.4. The number of benzene rings is 12. The molecule has 0 aliphatic carbocycles. The van der Waals surface area contributed by atoms with Crippen molar-refractivity contribution in [1.29, 1.82) is 0 Å². The van der Waals surface area contributed by atoms with Gasteiger partial charge in [-0.3, -0.25) is 9.59 Å². The van der Waals surface area contributed by atoms with Crippen molar-refractivity contribution in [2.75, 3.05) is 14.7 Å². The van der Waals surface area contributed by atoms with Gasteiger partial charge in [0.1, 0.15) is 0 Å². The minimum absolute atomic E-state index is 0.183. The number of carbonyl (C=O) groups excluding carboxylic acids is 2. The highest BCUT2D eigenvalue weighted by atomic mass is 28.3. The Morgan fingerprint density at radius 3 is 0.700 bits per heavy atom. The Morgan fingerprint density at radius 2 is 0.400 bits per heavy atom. The molecule has 0 atom stereocenters. The van der Waals surface area contributed by atoms with Crippen molar-refractivity contribution in [2.24, 2.45) is 0 Å². The smallest absolute Gasteiger partial charge is 0.193 e. The number of hydrogen-bond acceptors (Lipinski definition) is 5. The second-order valence-corrected chi connectivity index (χ2v) is 23.4. The first-order valence-corrected chi connectivity index (χ1v) is 28.9. The molecule has 6 heteroatoms. The summed E-state index contributed by atoms with van der Waals surface area (Å²) in [5, 5.41) is 4.73. The molecule has 0 saturated heterocycles. The molecular weight excluding hydrogens is 991 g/mol. The van der Waals surface area contributed by atoms with Crippen LogP contribution in [0.15, 0.2) is 334 Å². The van der Waals surface area contributed by atoms with Crippen LogP contribution in [0.5, 0.6) is 0 Å². The van der Waals surface area contributed by atoms with Crippen LogP contribution in [0.3, 0.4) is 0 Å². The normalized spacial score (nSPS) is 11.1. The number of ketones is 2. The molecule has 12 aromatic carbocycles. The molecule has 0 aliphatic heterocycles. The predicted octanol–water partition coefficient (Wildman–Crippen LogP) is 15.9. The maximum atomic E-state index is 14.5. The Balaban J connectivity index is 0.969. The highest BCUT2D eigenvalue weighted by Crippen LogP contribution is 2.41. The van der Waals surface area contributed by atoms with Crippen LogP contribution in [0.4, 0.5) is 51.2 Å². The summed E-state index contributed by atoms with van der Waals surface area (Å²) in [4.78, 5) is 35.2. The third kappa shape index (κ3) is 10.1. The molecule has 0 unspecified atom stereocenters. The first-order chi connectivity index (χ1) is 39.5. The highest BCUT2D eigenvalue weighted by Gasteiger charge is 2.41. The third-order valence-corrected chi connectivity index (χ3v) is 19.6. The van der Waals surface area contributed by atoms with E-state index in [1.165, 1.54) is 15.6 Å². The van der Waals surface area contributed by atoms with Crippen LogP contribution in [0.1, 0.15) is 31.8 Å². The zero-order valence-electron chi connectivity index (χ0n) is 43.9. The Morgan fingerprint density at radius 1 is 0.200 bits per heavy atom. The van der Waals surface area contributed by atoms with Gasteiger partial charge in [-0.25, -0.2) is 0 Å². The largest absolute Gasteiger partial charge is 0.311 e. The minimum atomic E-state index is -3.09. The Bertz CT molecular complexity index is 3740. The molecular formula is C74H55N3O2Si. The molecule has 80 heavy (non-hydrogen) atoms. The average Bonchev–Trinajstić information content (AvgIpc) is 3.68. The van der Waals surface area contributed by atoms with Gasteiger partial charge in [0, 0.05) is 73.4 Å². The molecule has 0 amide bonds. The summed E-state index contributed by atoms with van der Waals surface area (Å²) in [6.07, 6.45) is 0. The number of rotatable bonds is 17. The van der Waals surface area contributed by atoms with E-state index in [4.69, 9.17) is 0 Å². The quantitative estimate of drug-likeness (QED) is 0.0516. The summed E-state index contributed by atoms with van der Waals surface area (Å²) in [5.41, 5.74) is 11.2. The first-order valence-electron chi connectivity index (χ1n) is 26.9. The zero-order valence-corrected chi connectivity index (χ0v) is 44.9. The number of hydrogen-bond donors (Lipinski definition) is 0. The van der Waals surface area contributed by atoms with E-state index in [0.717, 1.165) is 56.4 Å². The van der Waals surface area contributed by atoms with Crippen molar-refractivity contribution >= 4 is 91.6 Å². The second-order valence-electron chi connectivity index (χ2n) is 19.6. The van der Waals surface area contributed by atoms with Gasteiger partial charge in [0.15, 0.2) is 19.6 Å². The van der Waals surface area contributed by atoms with Gasteiger partial charge in [0.05, 0.1) is 0 Å². The molecule has 5 nitrogen and oxygen atoms in total. The van der Waals surface area contributed by atoms with E-state index < -0.39 is 8.07 Å². The van der Waals surface area contributed by atoms with E-state index in [1.54, 1.807) is 24.3 Å². The topological polar surface area (TPSA) is 43.9 Å². The van der Waals surface area contributed by atoms with Crippen molar-refractivity contribution in [1.82, 2.24) is 0 Å². The maximum Gasteiger partial charge on any atom is 0.193 e. The lowest BCUT2D eigenvalue weighted by atomic mass is 9.93.